The minimum atomic E-state index is -0.814. The smallest absolute Gasteiger partial charge is 0.303 e. The van der Waals surface area contributed by atoms with Crippen LogP contribution in [0.25, 0.3) is 0 Å². The average Bonchev–Trinajstić information content (AvgIpc) is 2.17. The topological polar surface area (TPSA) is 49.7 Å². The highest BCUT2D eigenvalue weighted by Crippen LogP contribution is 2.19. The predicted octanol–water partition coefficient (Wildman–Crippen LogP) is 2.44. The molecule has 1 rings (SSSR count). The molecule has 0 aliphatic heterocycles. The van der Waals surface area contributed by atoms with Crippen molar-refractivity contribution in [2.75, 3.05) is 0 Å². The summed E-state index contributed by atoms with van der Waals surface area (Å²) in [5, 5.41) is 10.8. The molecule has 0 radical (unpaired) electrons. The van der Waals surface area contributed by atoms with Crippen LogP contribution in [0.5, 0.6) is 0 Å². The largest absolute Gasteiger partial charge is 0.481 e. The maximum absolute atomic E-state index is 10.4. The third-order valence-electron chi connectivity index (χ3n) is 1.77. The van der Waals surface area contributed by atoms with E-state index in [-0.39, 0.29) is 6.42 Å². The van der Waals surface area contributed by atoms with E-state index in [0.717, 1.165) is 5.56 Å². The number of aryl methyl sites for hydroxylation is 1. The standard InChI is InChI=1S/C10H9NO2S/c12-10(13)6-5-8-3-1-2-4-9(8)11-7-14/h1-4H,5-6H2,(H,12,13). The molecule has 0 aliphatic rings. The van der Waals surface area contributed by atoms with Gasteiger partial charge in [-0.25, -0.2) is 0 Å². The van der Waals surface area contributed by atoms with Gasteiger partial charge in [0.25, 0.3) is 0 Å². The molecule has 72 valence electrons. The Balaban J connectivity index is 2.84. The fourth-order valence-corrected chi connectivity index (χ4v) is 1.22. The van der Waals surface area contributed by atoms with E-state index in [2.05, 4.69) is 22.4 Å². The summed E-state index contributed by atoms with van der Waals surface area (Å²) in [4.78, 5) is 14.2. The first kappa shape index (κ1) is 10.6. The van der Waals surface area contributed by atoms with Gasteiger partial charge in [-0.15, -0.1) is 0 Å². The lowest BCUT2D eigenvalue weighted by Crippen LogP contribution is -1.97. The highest BCUT2D eigenvalue weighted by Gasteiger charge is 2.02. The second-order valence-electron chi connectivity index (χ2n) is 2.73. The highest BCUT2D eigenvalue weighted by molar-refractivity contribution is 7.78. The van der Waals surface area contributed by atoms with Crippen molar-refractivity contribution in [2.45, 2.75) is 12.8 Å². The van der Waals surface area contributed by atoms with Crippen LogP contribution in [-0.2, 0) is 11.2 Å². The zero-order valence-corrected chi connectivity index (χ0v) is 8.25. The molecule has 0 amide bonds. The Kier molecular flexibility index (Phi) is 3.98. The minimum absolute atomic E-state index is 0.101. The number of benzene rings is 1. The van der Waals surface area contributed by atoms with Crippen molar-refractivity contribution in [2.24, 2.45) is 4.99 Å². The maximum Gasteiger partial charge on any atom is 0.303 e. The number of isothiocyanates is 1. The number of hydrogen-bond donors (Lipinski definition) is 1. The molecule has 0 atom stereocenters. The van der Waals surface area contributed by atoms with Crippen molar-refractivity contribution in [3.63, 3.8) is 0 Å². The summed E-state index contributed by atoms with van der Waals surface area (Å²) in [6.45, 7) is 0. The van der Waals surface area contributed by atoms with E-state index in [0.29, 0.717) is 12.1 Å². The SMILES string of the molecule is O=C(O)CCc1ccccc1N=C=S. The van der Waals surface area contributed by atoms with Crippen LogP contribution in [-0.4, -0.2) is 16.2 Å². The van der Waals surface area contributed by atoms with Crippen LogP contribution in [0, 0.1) is 0 Å². The van der Waals surface area contributed by atoms with Gasteiger partial charge in [0.2, 0.25) is 0 Å². The number of carboxylic acid groups (broad SMARTS) is 1. The normalized spacial score (nSPS) is 9.14. The highest BCUT2D eigenvalue weighted by atomic mass is 32.1. The van der Waals surface area contributed by atoms with Gasteiger partial charge in [-0.05, 0) is 30.3 Å². The van der Waals surface area contributed by atoms with Crippen LogP contribution in [0.1, 0.15) is 12.0 Å². The van der Waals surface area contributed by atoms with Gasteiger partial charge in [-0.2, -0.15) is 4.99 Å². The average molecular weight is 207 g/mol. The summed E-state index contributed by atoms with van der Waals surface area (Å²) in [5.74, 6) is -0.814. The molecule has 0 saturated carbocycles. The minimum Gasteiger partial charge on any atom is -0.481 e. The lowest BCUT2D eigenvalue weighted by Gasteiger charge is -2.01. The molecule has 0 unspecified atom stereocenters. The van der Waals surface area contributed by atoms with E-state index < -0.39 is 5.97 Å². The van der Waals surface area contributed by atoms with Gasteiger partial charge in [-0.1, -0.05) is 18.2 Å². The predicted molar refractivity (Wildman–Crippen MR) is 57.1 cm³/mol. The Labute approximate surface area is 87.1 Å². The summed E-state index contributed by atoms with van der Waals surface area (Å²) >= 11 is 4.50. The molecular formula is C10H9NO2S. The van der Waals surface area contributed by atoms with Crippen LogP contribution in [0.2, 0.25) is 0 Å². The Bertz CT molecular complexity index is 383. The summed E-state index contributed by atoms with van der Waals surface area (Å²) in [6.07, 6.45) is 0.565. The summed E-state index contributed by atoms with van der Waals surface area (Å²) in [5.41, 5.74) is 1.58. The molecule has 4 heteroatoms. The number of nitrogens with zero attached hydrogens (tertiary/aromatic N) is 1. The van der Waals surface area contributed by atoms with Crippen molar-refractivity contribution in [1.29, 1.82) is 0 Å². The maximum atomic E-state index is 10.4. The van der Waals surface area contributed by atoms with E-state index >= 15 is 0 Å². The molecule has 0 aromatic heterocycles. The van der Waals surface area contributed by atoms with E-state index in [4.69, 9.17) is 5.11 Å². The fraction of sp³-hybridized carbons (Fsp3) is 0.200. The van der Waals surface area contributed by atoms with Gasteiger partial charge in [0, 0.05) is 6.42 Å². The first-order valence-electron chi connectivity index (χ1n) is 4.11. The van der Waals surface area contributed by atoms with Crippen molar-refractivity contribution in [1.82, 2.24) is 0 Å². The molecule has 0 aliphatic carbocycles. The molecule has 14 heavy (non-hydrogen) atoms. The first-order valence-corrected chi connectivity index (χ1v) is 4.52. The molecule has 0 heterocycles. The molecule has 1 N–H and O–H groups in total. The Morgan fingerprint density at radius 3 is 2.86 bits per heavy atom. The molecule has 1 aromatic rings. The van der Waals surface area contributed by atoms with Crippen molar-refractivity contribution in [3.8, 4) is 0 Å². The summed E-state index contributed by atoms with van der Waals surface area (Å²) in [7, 11) is 0. The monoisotopic (exact) mass is 207 g/mol. The molecule has 0 saturated heterocycles. The molecule has 3 nitrogen and oxygen atoms in total. The van der Waals surface area contributed by atoms with Crippen LogP contribution < -0.4 is 0 Å². The van der Waals surface area contributed by atoms with Crippen molar-refractivity contribution >= 4 is 29.0 Å². The number of aliphatic carboxylic acids is 1. The molecule has 1 aromatic carbocycles. The van der Waals surface area contributed by atoms with E-state index in [1.165, 1.54) is 0 Å². The fourth-order valence-electron chi connectivity index (χ4n) is 1.12. The van der Waals surface area contributed by atoms with Gasteiger partial charge in [0.1, 0.15) is 0 Å². The third-order valence-corrected chi connectivity index (χ3v) is 1.86. The number of rotatable bonds is 4. The zero-order chi connectivity index (χ0) is 10.4. The molecule has 0 spiro atoms. The Morgan fingerprint density at radius 1 is 1.50 bits per heavy atom. The lowest BCUT2D eigenvalue weighted by molar-refractivity contribution is -0.136. The summed E-state index contributed by atoms with van der Waals surface area (Å²) < 4.78 is 0. The van der Waals surface area contributed by atoms with Gasteiger partial charge >= 0.3 is 5.97 Å². The zero-order valence-electron chi connectivity index (χ0n) is 7.43. The first-order chi connectivity index (χ1) is 6.74. The van der Waals surface area contributed by atoms with Crippen molar-refractivity contribution in [3.05, 3.63) is 29.8 Å². The van der Waals surface area contributed by atoms with Gasteiger partial charge in [0.05, 0.1) is 10.8 Å². The Morgan fingerprint density at radius 2 is 2.21 bits per heavy atom. The van der Waals surface area contributed by atoms with Gasteiger partial charge in [-0.3, -0.25) is 4.79 Å². The number of para-hydroxylation sites is 1. The molecule has 0 fully saturated rings. The summed E-state index contributed by atoms with van der Waals surface area (Å²) in [6, 6.07) is 7.31. The quantitative estimate of drug-likeness (QED) is 0.609. The number of thiocarbonyl (C=S) groups is 1. The number of carboxylic acids is 1. The Hall–Kier alpha value is -1.51. The number of aliphatic imine (C=N–C) groups is 1. The van der Waals surface area contributed by atoms with E-state index in [9.17, 15) is 4.79 Å². The van der Waals surface area contributed by atoms with Crippen molar-refractivity contribution < 1.29 is 9.90 Å². The second kappa shape index (κ2) is 5.27. The number of carbonyl (C=O) groups is 1. The van der Waals surface area contributed by atoms with E-state index in [1.807, 2.05) is 18.2 Å². The van der Waals surface area contributed by atoms with Crippen LogP contribution in [0.3, 0.4) is 0 Å². The van der Waals surface area contributed by atoms with Gasteiger partial charge < -0.3 is 5.11 Å². The third kappa shape index (κ3) is 3.09. The van der Waals surface area contributed by atoms with Crippen LogP contribution in [0.4, 0.5) is 5.69 Å². The number of hydrogen-bond acceptors (Lipinski definition) is 3. The lowest BCUT2D eigenvalue weighted by atomic mass is 10.1. The molecule has 0 bridgehead atoms. The van der Waals surface area contributed by atoms with Crippen LogP contribution >= 0.6 is 12.2 Å². The molecular weight excluding hydrogens is 198 g/mol. The van der Waals surface area contributed by atoms with Gasteiger partial charge in [0.15, 0.2) is 0 Å². The second-order valence-corrected chi connectivity index (χ2v) is 2.91. The van der Waals surface area contributed by atoms with E-state index in [1.54, 1.807) is 6.07 Å². The van der Waals surface area contributed by atoms with Crippen LogP contribution in [0.15, 0.2) is 29.3 Å².